The van der Waals surface area contributed by atoms with Crippen molar-refractivity contribution in [3.8, 4) is 0 Å². The molecule has 1 atom stereocenters. The van der Waals surface area contributed by atoms with Crippen LogP contribution in [0.5, 0.6) is 0 Å². The van der Waals surface area contributed by atoms with E-state index in [1.54, 1.807) is 11.9 Å². The summed E-state index contributed by atoms with van der Waals surface area (Å²) in [5.74, 6) is -1.08. The van der Waals surface area contributed by atoms with Crippen LogP contribution in [0, 0.1) is 0 Å². The molecule has 1 aromatic rings. The van der Waals surface area contributed by atoms with Crippen LogP contribution in [0.2, 0.25) is 0 Å². The molecule has 0 amide bonds. The molecule has 20 heavy (non-hydrogen) atoms. The molecule has 0 fully saturated rings. The van der Waals surface area contributed by atoms with E-state index in [0.717, 1.165) is 6.07 Å². The van der Waals surface area contributed by atoms with Gasteiger partial charge in [-0.25, -0.2) is 4.79 Å². The van der Waals surface area contributed by atoms with Gasteiger partial charge >= 0.3 is 12.1 Å². The number of benzene rings is 1. The van der Waals surface area contributed by atoms with Gasteiger partial charge in [-0.05, 0) is 25.1 Å². The predicted molar refractivity (Wildman–Crippen MR) is 67.2 cm³/mol. The lowest BCUT2D eigenvalue weighted by Gasteiger charge is -2.32. The molecule has 0 saturated heterocycles. The summed E-state index contributed by atoms with van der Waals surface area (Å²) in [7, 11) is 1.69. The second-order valence-electron chi connectivity index (χ2n) is 4.76. The van der Waals surface area contributed by atoms with E-state index in [4.69, 9.17) is 5.11 Å². The zero-order valence-corrected chi connectivity index (χ0v) is 10.8. The number of nitrogens with zero attached hydrogens (tertiary/aromatic N) is 1. The first-order valence-corrected chi connectivity index (χ1v) is 6.11. The largest absolute Gasteiger partial charge is 0.478 e. The first-order chi connectivity index (χ1) is 9.30. The van der Waals surface area contributed by atoms with Crippen molar-refractivity contribution in [1.82, 2.24) is 4.90 Å². The summed E-state index contributed by atoms with van der Waals surface area (Å²) in [5, 5.41) is 9.01. The smallest absolute Gasteiger partial charge is 0.416 e. The highest BCUT2D eigenvalue weighted by Crippen LogP contribution is 2.38. The van der Waals surface area contributed by atoms with Crippen LogP contribution in [0.15, 0.2) is 35.9 Å². The van der Waals surface area contributed by atoms with Crippen LogP contribution < -0.4 is 0 Å². The average Bonchev–Trinajstić information content (AvgIpc) is 2.38. The molecule has 6 heteroatoms. The lowest BCUT2D eigenvalue weighted by Crippen LogP contribution is -2.31. The van der Waals surface area contributed by atoms with Crippen molar-refractivity contribution in [2.75, 3.05) is 13.6 Å². The summed E-state index contributed by atoms with van der Waals surface area (Å²) in [6.45, 7) is 0.412. The molecule has 0 aromatic heterocycles. The molecule has 1 aliphatic rings. The van der Waals surface area contributed by atoms with Crippen LogP contribution in [0.4, 0.5) is 13.2 Å². The third-order valence-electron chi connectivity index (χ3n) is 3.43. The quantitative estimate of drug-likeness (QED) is 0.907. The van der Waals surface area contributed by atoms with Gasteiger partial charge in [0.2, 0.25) is 0 Å². The van der Waals surface area contributed by atoms with Gasteiger partial charge in [0.05, 0.1) is 11.6 Å². The van der Waals surface area contributed by atoms with Crippen LogP contribution >= 0.6 is 0 Å². The Labute approximate surface area is 114 Å². The van der Waals surface area contributed by atoms with Crippen molar-refractivity contribution < 1.29 is 23.1 Å². The summed E-state index contributed by atoms with van der Waals surface area (Å²) in [6, 6.07) is 4.60. The number of halogens is 3. The minimum absolute atomic E-state index is 0.0842. The van der Waals surface area contributed by atoms with Crippen LogP contribution in [0.1, 0.15) is 23.6 Å². The van der Waals surface area contributed by atoms with E-state index in [-0.39, 0.29) is 11.1 Å². The zero-order chi connectivity index (χ0) is 14.9. The lowest BCUT2D eigenvalue weighted by atomic mass is 9.93. The van der Waals surface area contributed by atoms with E-state index < -0.39 is 23.8 Å². The molecule has 1 aromatic carbocycles. The zero-order valence-electron chi connectivity index (χ0n) is 10.8. The van der Waals surface area contributed by atoms with Gasteiger partial charge in [0, 0.05) is 12.1 Å². The Morgan fingerprint density at radius 1 is 1.35 bits per heavy atom. The number of alkyl halides is 3. The molecule has 1 N–H and O–H groups in total. The molecule has 1 heterocycles. The molecule has 0 saturated carbocycles. The molecule has 108 valence electrons. The second-order valence-corrected chi connectivity index (χ2v) is 4.76. The second kappa shape index (κ2) is 5.28. The van der Waals surface area contributed by atoms with Gasteiger partial charge in [-0.15, -0.1) is 0 Å². The molecule has 0 bridgehead atoms. The van der Waals surface area contributed by atoms with Crippen molar-refractivity contribution in [3.05, 3.63) is 47.0 Å². The van der Waals surface area contributed by atoms with Crippen LogP contribution in [0.3, 0.4) is 0 Å². The first kappa shape index (κ1) is 14.6. The number of hydrogen-bond donors (Lipinski definition) is 1. The summed E-state index contributed by atoms with van der Waals surface area (Å²) < 4.78 is 39.1. The normalized spacial score (nSPS) is 20.6. The Hall–Kier alpha value is -1.82. The molecule has 0 aliphatic carbocycles. The van der Waals surface area contributed by atoms with Gasteiger partial charge in [-0.3, -0.25) is 4.90 Å². The summed E-state index contributed by atoms with van der Waals surface area (Å²) in [6.07, 6.45) is -2.72. The Morgan fingerprint density at radius 3 is 2.60 bits per heavy atom. The minimum atomic E-state index is -4.45. The van der Waals surface area contributed by atoms with Crippen LogP contribution in [0.25, 0.3) is 0 Å². The highest BCUT2D eigenvalue weighted by molar-refractivity contribution is 5.87. The molecular weight excluding hydrogens is 271 g/mol. The number of likely N-dealkylation sites (N-methyl/N-ethyl adjacent to an activating group) is 1. The van der Waals surface area contributed by atoms with E-state index in [0.29, 0.717) is 13.0 Å². The van der Waals surface area contributed by atoms with Gasteiger partial charge in [-0.2, -0.15) is 13.2 Å². The topological polar surface area (TPSA) is 40.5 Å². The van der Waals surface area contributed by atoms with Gasteiger partial charge in [-0.1, -0.05) is 24.3 Å². The van der Waals surface area contributed by atoms with Crippen molar-refractivity contribution in [1.29, 1.82) is 0 Å². The Bertz CT molecular complexity index is 552. The standard InChI is InChI=1S/C14H14F3NO2/c1-18-7-6-9(13(19)20)8-12(18)10-4-2-3-5-11(10)14(15,16)17/h2-5,8,12H,6-7H2,1H3,(H,19,20). The minimum Gasteiger partial charge on any atom is -0.478 e. The molecule has 2 rings (SSSR count). The maximum absolute atomic E-state index is 13.0. The van der Waals surface area contributed by atoms with Gasteiger partial charge in [0.1, 0.15) is 0 Å². The van der Waals surface area contributed by atoms with Gasteiger partial charge in [0.25, 0.3) is 0 Å². The first-order valence-electron chi connectivity index (χ1n) is 6.11. The fourth-order valence-corrected chi connectivity index (χ4v) is 2.36. The number of carbonyl (C=O) groups is 1. The fourth-order valence-electron chi connectivity index (χ4n) is 2.36. The summed E-state index contributed by atoms with van der Waals surface area (Å²) >= 11 is 0. The molecule has 0 spiro atoms. The van der Waals surface area contributed by atoms with Gasteiger partial charge < -0.3 is 5.11 Å². The Kier molecular flexibility index (Phi) is 3.85. The van der Waals surface area contributed by atoms with Crippen molar-refractivity contribution in [3.63, 3.8) is 0 Å². The summed E-state index contributed by atoms with van der Waals surface area (Å²) in [4.78, 5) is 12.7. The maximum atomic E-state index is 13.0. The lowest BCUT2D eigenvalue weighted by molar-refractivity contribution is -0.138. The monoisotopic (exact) mass is 285 g/mol. The van der Waals surface area contributed by atoms with Crippen LogP contribution in [-0.2, 0) is 11.0 Å². The number of carboxylic acids is 1. The van der Waals surface area contributed by atoms with E-state index in [1.165, 1.54) is 24.3 Å². The molecule has 0 radical (unpaired) electrons. The molecule has 1 aliphatic heterocycles. The summed E-state index contributed by atoms with van der Waals surface area (Å²) in [5.41, 5.74) is -0.481. The number of carboxylic acid groups (broad SMARTS) is 1. The third kappa shape index (κ3) is 2.85. The third-order valence-corrected chi connectivity index (χ3v) is 3.43. The highest BCUT2D eigenvalue weighted by atomic mass is 19.4. The Balaban J connectivity index is 2.50. The van der Waals surface area contributed by atoms with Gasteiger partial charge in [0.15, 0.2) is 0 Å². The highest BCUT2D eigenvalue weighted by Gasteiger charge is 2.36. The predicted octanol–water partition coefficient (Wildman–Crippen LogP) is 3.09. The Morgan fingerprint density at radius 2 is 2.00 bits per heavy atom. The van der Waals surface area contributed by atoms with Crippen molar-refractivity contribution in [2.24, 2.45) is 0 Å². The number of rotatable bonds is 2. The molecular formula is C14H14F3NO2. The fraction of sp³-hybridized carbons (Fsp3) is 0.357. The van der Waals surface area contributed by atoms with Crippen molar-refractivity contribution in [2.45, 2.75) is 18.6 Å². The average molecular weight is 285 g/mol. The SMILES string of the molecule is CN1CCC(C(=O)O)=CC1c1ccccc1C(F)(F)F. The van der Waals surface area contributed by atoms with E-state index in [9.17, 15) is 18.0 Å². The van der Waals surface area contributed by atoms with Crippen molar-refractivity contribution >= 4 is 5.97 Å². The van der Waals surface area contributed by atoms with E-state index in [2.05, 4.69) is 0 Å². The van der Waals surface area contributed by atoms with E-state index >= 15 is 0 Å². The molecule has 3 nitrogen and oxygen atoms in total. The van der Waals surface area contributed by atoms with Crippen LogP contribution in [-0.4, -0.2) is 29.6 Å². The molecule has 1 unspecified atom stereocenters. The van der Waals surface area contributed by atoms with E-state index in [1.807, 2.05) is 0 Å². The number of aliphatic carboxylic acids is 1. The maximum Gasteiger partial charge on any atom is 0.416 e. The number of hydrogen-bond acceptors (Lipinski definition) is 2.